The lowest BCUT2D eigenvalue weighted by Crippen LogP contribution is -2.15. The fourth-order valence-electron chi connectivity index (χ4n) is 0.580. The predicted molar refractivity (Wildman–Crippen MR) is 33.9 cm³/mol. The van der Waals surface area contributed by atoms with Crippen molar-refractivity contribution in [3.05, 3.63) is 12.2 Å². The molecule has 0 saturated carbocycles. The first-order chi connectivity index (χ1) is 4.83. The van der Waals surface area contributed by atoms with Gasteiger partial charge in [-0.15, -0.1) is 0 Å². The van der Waals surface area contributed by atoms with E-state index in [4.69, 9.17) is 0 Å². The maximum absolute atomic E-state index is 10.1. The molecule has 1 aromatic heterocycles. The maximum Gasteiger partial charge on any atom is 0.209 e. The van der Waals surface area contributed by atoms with Gasteiger partial charge in [-0.3, -0.25) is 9.89 Å². The van der Waals surface area contributed by atoms with Gasteiger partial charge in [0, 0.05) is 7.05 Å². The second-order valence-electron chi connectivity index (χ2n) is 1.95. The molecule has 0 bridgehead atoms. The molecule has 0 radical (unpaired) electrons. The zero-order valence-electron chi connectivity index (χ0n) is 5.61. The Kier molecular flexibility index (Phi) is 1.99. The van der Waals surface area contributed by atoms with Crippen LogP contribution in [0.2, 0.25) is 0 Å². The first-order valence-corrected chi connectivity index (χ1v) is 2.82. The van der Waals surface area contributed by atoms with Crippen molar-refractivity contribution in [3.8, 4) is 0 Å². The molecule has 54 valence electrons. The summed E-state index contributed by atoms with van der Waals surface area (Å²) in [6, 6.07) is 0. The smallest absolute Gasteiger partial charge is 0.209 e. The van der Waals surface area contributed by atoms with Gasteiger partial charge in [0.2, 0.25) is 6.41 Å². The molecule has 0 unspecified atom stereocenters. The number of nitrogens with zero attached hydrogens (tertiary/aromatic N) is 3. The molecule has 0 aromatic carbocycles. The number of hydrogen-bond acceptors (Lipinski definition) is 3. The van der Waals surface area contributed by atoms with Crippen molar-refractivity contribution in [3.63, 3.8) is 0 Å². The van der Waals surface area contributed by atoms with Gasteiger partial charge in [-0.25, -0.2) is 4.98 Å². The zero-order chi connectivity index (χ0) is 7.40. The highest BCUT2D eigenvalue weighted by Crippen LogP contribution is 1.88. The van der Waals surface area contributed by atoms with E-state index < -0.39 is 0 Å². The molecule has 0 atom stereocenters. The van der Waals surface area contributed by atoms with Crippen molar-refractivity contribution in [2.45, 2.75) is 6.54 Å². The molecule has 1 amide bonds. The normalized spacial score (nSPS) is 9.30. The van der Waals surface area contributed by atoms with Crippen molar-refractivity contribution < 1.29 is 4.79 Å². The van der Waals surface area contributed by atoms with Crippen molar-refractivity contribution in [1.82, 2.24) is 20.1 Å². The molecule has 1 heterocycles. The molecule has 0 spiro atoms. The number of aromatic amines is 1. The standard InChI is InChI=1S/C5H8N4O/c1-9(4-10)2-5-6-3-7-8-5/h3-4H,2H2,1H3,(H,6,7,8). The van der Waals surface area contributed by atoms with Gasteiger partial charge in [0.25, 0.3) is 0 Å². The third kappa shape index (κ3) is 1.54. The quantitative estimate of drug-likeness (QED) is 0.570. The Morgan fingerprint density at radius 3 is 3.20 bits per heavy atom. The van der Waals surface area contributed by atoms with Crippen LogP contribution in [0.15, 0.2) is 6.33 Å². The van der Waals surface area contributed by atoms with E-state index >= 15 is 0 Å². The Labute approximate surface area is 58.1 Å². The minimum atomic E-state index is 0.476. The zero-order valence-corrected chi connectivity index (χ0v) is 5.61. The average molecular weight is 140 g/mol. The number of hydrogen-bond donors (Lipinski definition) is 1. The van der Waals surface area contributed by atoms with Gasteiger partial charge in [-0.1, -0.05) is 0 Å². The van der Waals surface area contributed by atoms with E-state index in [0.29, 0.717) is 12.4 Å². The van der Waals surface area contributed by atoms with Gasteiger partial charge in [-0.05, 0) is 0 Å². The number of H-pyrrole nitrogens is 1. The Morgan fingerprint density at radius 1 is 1.90 bits per heavy atom. The van der Waals surface area contributed by atoms with Crippen LogP contribution < -0.4 is 0 Å². The number of aromatic nitrogens is 3. The van der Waals surface area contributed by atoms with Gasteiger partial charge >= 0.3 is 0 Å². The van der Waals surface area contributed by atoms with Crippen LogP contribution in [-0.4, -0.2) is 33.5 Å². The highest BCUT2D eigenvalue weighted by molar-refractivity contribution is 5.46. The molecule has 0 aliphatic rings. The van der Waals surface area contributed by atoms with E-state index in [1.165, 1.54) is 11.2 Å². The highest BCUT2D eigenvalue weighted by Gasteiger charge is 1.97. The summed E-state index contributed by atoms with van der Waals surface area (Å²) in [7, 11) is 1.68. The molecule has 1 N–H and O–H groups in total. The molecular weight excluding hydrogens is 132 g/mol. The van der Waals surface area contributed by atoms with E-state index in [9.17, 15) is 4.79 Å². The van der Waals surface area contributed by atoms with E-state index in [-0.39, 0.29) is 0 Å². The number of carbonyl (C=O) groups is 1. The molecule has 1 aromatic rings. The molecule has 0 aliphatic heterocycles. The van der Waals surface area contributed by atoms with Gasteiger partial charge in [-0.2, -0.15) is 5.10 Å². The van der Waals surface area contributed by atoms with Crippen LogP contribution in [0.1, 0.15) is 5.82 Å². The lowest BCUT2D eigenvalue weighted by molar-refractivity contribution is -0.117. The van der Waals surface area contributed by atoms with Crippen LogP contribution in [0.5, 0.6) is 0 Å². The molecule has 0 aliphatic carbocycles. The average Bonchev–Trinajstić information content (AvgIpc) is 2.40. The molecular formula is C5H8N4O. The Hall–Kier alpha value is -1.39. The van der Waals surface area contributed by atoms with Crippen LogP contribution in [0.3, 0.4) is 0 Å². The molecule has 10 heavy (non-hydrogen) atoms. The van der Waals surface area contributed by atoms with Gasteiger partial charge < -0.3 is 4.90 Å². The van der Waals surface area contributed by atoms with Gasteiger partial charge in [0.1, 0.15) is 12.2 Å². The molecule has 0 fully saturated rings. The maximum atomic E-state index is 10.1. The molecule has 1 rings (SSSR count). The topological polar surface area (TPSA) is 61.9 Å². The first kappa shape index (κ1) is 6.73. The van der Waals surface area contributed by atoms with Gasteiger partial charge in [0.05, 0.1) is 6.54 Å². The second kappa shape index (κ2) is 2.95. The Balaban J connectivity index is 2.47. The monoisotopic (exact) mass is 140 g/mol. The summed E-state index contributed by atoms with van der Waals surface area (Å²) < 4.78 is 0. The first-order valence-electron chi connectivity index (χ1n) is 2.82. The molecule has 5 heteroatoms. The van der Waals surface area contributed by atoms with E-state index in [0.717, 1.165) is 6.41 Å². The summed E-state index contributed by atoms with van der Waals surface area (Å²) >= 11 is 0. The summed E-state index contributed by atoms with van der Waals surface area (Å²) in [5.74, 6) is 0.689. The predicted octanol–water partition coefficient (Wildman–Crippen LogP) is -0.607. The molecule has 5 nitrogen and oxygen atoms in total. The summed E-state index contributed by atoms with van der Waals surface area (Å²) in [4.78, 5) is 15.4. The minimum Gasteiger partial charge on any atom is -0.341 e. The summed E-state index contributed by atoms with van der Waals surface area (Å²) in [5, 5.41) is 6.27. The van der Waals surface area contributed by atoms with Crippen LogP contribution in [0.25, 0.3) is 0 Å². The Morgan fingerprint density at radius 2 is 2.70 bits per heavy atom. The van der Waals surface area contributed by atoms with Crippen molar-refractivity contribution in [2.24, 2.45) is 0 Å². The van der Waals surface area contributed by atoms with Crippen LogP contribution in [-0.2, 0) is 11.3 Å². The number of carbonyl (C=O) groups excluding carboxylic acids is 1. The van der Waals surface area contributed by atoms with E-state index in [1.807, 2.05) is 0 Å². The number of rotatable bonds is 3. The summed E-state index contributed by atoms with van der Waals surface area (Å²) in [6.45, 7) is 0.476. The third-order valence-electron chi connectivity index (χ3n) is 1.04. The highest BCUT2D eigenvalue weighted by atomic mass is 16.1. The molecule has 0 saturated heterocycles. The number of amides is 1. The third-order valence-corrected chi connectivity index (χ3v) is 1.04. The van der Waals surface area contributed by atoms with Crippen molar-refractivity contribution in [2.75, 3.05) is 7.05 Å². The lowest BCUT2D eigenvalue weighted by Gasteiger charge is -2.05. The van der Waals surface area contributed by atoms with E-state index in [1.54, 1.807) is 7.05 Å². The van der Waals surface area contributed by atoms with Crippen LogP contribution in [0, 0.1) is 0 Å². The fourth-order valence-corrected chi connectivity index (χ4v) is 0.580. The number of nitrogens with one attached hydrogen (secondary N) is 1. The van der Waals surface area contributed by atoms with Crippen molar-refractivity contribution in [1.29, 1.82) is 0 Å². The lowest BCUT2D eigenvalue weighted by atomic mass is 10.6. The van der Waals surface area contributed by atoms with Gasteiger partial charge in [0.15, 0.2) is 0 Å². The van der Waals surface area contributed by atoms with E-state index in [2.05, 4.69) is 15.2 Å². The van der Waals surface area contributed by atoms with Crippen LogP contribution >= 0.6 is 0 Å². The fraction of sp³-hybridized carbons (Fsp3) is 0.400. The summed E-state index contributed by atoms with van der Waals surface area (Å²) in [6.07, 6.45) is 2.15. The largest absolute Gasteiger partial charge is 0.341 e. The SMILES string of the molecule is CN(C=O)Cc1ncn[nH]1. The summed E-state index contributed by atoms with van der Waals surface area (Å²) in [5.41, 5.74) is 0. The van der Waals surface area contributed by atoms with Crippen LogP contribution in [0.4, 0.5) is 0 Å². The Bertz CT molecular complexity index is 195. The minimum absolute atomic E-state index is 0.476. The second-order valence-corrected chi connectivity index (χ2v) is 1.95. The van der Waals surface area contributed by atoms with Crippen molar-refractivity contribution >= 4 is 6.41 Å².